The van der Waals surface area contributed by atoms with Crippen LogP contribution in [0.5, 0.6) is 0 Å². The molecule has 3 heteroatoms. The van der Waals surface area contributed by atoms with E-state index in [2.05, 4.69) is 6.92 Å². The Kier molecular flexibility index (Phi) is 9.94. The quantitative estimate of drug-likeness (QED) is 0.538. The fourth-order valence-corrected chi connectivity index (χ4v) is 2.30. The molecule has 0 amide bonds. The minimum absolute atomic E-state index is 0.707. The predicted molar refractivity (Wildman–Crippen MR) is 81.6 cm³/mol. The molecule has 0 aliphatic heterocycles. The Balaban J connectivity index is 3.60. The van der Waals surface area contributed by atoms with Crippen LogP contribution >= 0.6 is 0 Å². The van der Waals surface area contributed by atoms with Gasteiger partial charge in [-0.25, -0.2) is 0 Å². The molecule has 0 saturated heterocycles. The van der Waals surface area contributed by atoms with Gasteiger partial charge in [0.25, 0.3) is 0 Å². The van der Waals surface area contributed by atoms with Gasteiger partial charge in [-0.1, -0.05) is 64.7 Å². The monoisotopic (exact) mass is 271 g/mol. The second-order valence-electron chi connectivity index (χ2n) is 6.05. The lowest BCUT2D eigenvalue weighted by Gasteiger charge is -2.32. The third kappa shape index (κ3) is 7.56. The molecule has 1 atom stereocenters. The van der Waals surface area contributed by atoms with Gasteiger partial charge in [0, 0.05) is 0 Å². The van der Waals surface area contributed by atoms with Crippen molar-refractivity contribution < 1.29 is 9.90 Å². The van der Waals surface area contributed by atoms with Gasteiger partial charge in [0.1, 0.15) is 5.54 Å². The maximum Gasteiger partial charge on any atom is 0.323 e. The molecule has 0 aromatic rings. The molecule has 1 N–H and O–H groups in total. The predicted octanol–water partition coefficient (Wildman–Crippen LogP) is 4.31. The molecule has 0 bridgehead atoms. The van der Waals surface area contributed by atoms with Gasteiger partial charge in [-0.2, -0.15) is 0 Å². The summed E-state index contributed by atoms with van der Waals surface area (Å²) in [5, 5.41) is 9.28. The second-order valence-corrected chi connectivity index (χ2v) is 6.05. The van der Waals surface area contributed by atoms with Crippen molar-refractivity contribution in [1.29, 1.82) is 0 Å². The number of carbonyl (C=O) groups is 1. The number of nitrogens with zero attached hydrogens (tertiary/aromatic N) is 1. The van der Waals surface area contributed by atoms with Crippen molar-refractivity contribution in [2.45, 2.75) is 83.6 Å². The van der Waals surface area contributed by atoms with E-state index in [0.29, 0.717) is 0 Å². The Hall–Kier alpha value is -0.570. The van der Waals surface area contributed by atoms with Gasteiger partial charge in [-0.15, -0.1) is 0 Å². The number of carboxylic acids is 1. The van der Waals surface area contributed by atoms with Crippen LogP contribution in [0.3, 0.4) is 0 Å². The molecular weight excluding hydrogens is 238 g/mol. The molecule has 114 valence electrons. The van der Waals surface area contributed by atoms with Crippen LogP contribution in [0.25, 0.3) is 0 Å². The number of hydrogen-bond acceptors (Lipinski definition) is 2. The van der Waals surface area contributed by atoms with E-state index in [1.54, 1.807) is 0 Å². The third-order valence-corrected chi connectivity index (χ3v) is 4.21. The van der Waals surface area contributed by atoms with Crippen molar-refractivity contribution in [2.24, 2.45) is 0 Å². The molecule has 3 nitrogen and oxygen atoms in total. The third-order valence-electron chi connectivity index (χ3n) is 4.21. The van der Waals surface area contributed by atoms with Crippen molar-refractivity contribution in [3.8, 4) is 0 Å². The summed E-state index contributed by atoms with van der Waals surface area (Å²) in [7, 11) is 3.70. The van der Waals surface area contributed by atoms with Gasteiger partial charge in [-0.3, -0.25) is 9.69 Å². The van der Waals surface area contributed by atoms with E-state index in [0.717, 1.165) is 19.3 Å². The summed E-state index contributed by atoms with van der Waals surface area (Å²) in [6, 6.07) is 0. The zero-order chi connectivity index (χ0) is 14.7. The first-order valence-electron chi connectivity index (χ1n) is 7.86. The van der Waals surface area contributed by atoms with Crippen molar-refractivity contribution in [2.75, 3.05) is 14.1 Å². The molecule has 19 heavy (non-hydrogen) atoms. The molecule has 0 aromatic carbocycles. The van der Waals surface area contributed by atoms with E-state index in [-0.39, 0.29) is 0 Å². The van der Waals surface area contributed by atoms with Crippen LogP contribution in [0.2, 0.25) is 0 Å². The van der Waals surface area contributed by atoms with Crippen LogP contribution in [0.1, 0.15) is 78.1 Å². The molecule has 0 fully saturated rings. The zero-order valence-electron chi connectivity index (χ0n) is 13.4. The van der Waals surface area contributed by atoms with Gasteiger partial charge in [0.15, 0.2) is 0 Å². The topological polar surface area (TPSA) is 40.5 Å². The van der Waals surface area contributed by atoms with E-state index in [1.165, 1.54) is 44.9 Å². The van der Waals surface area contributed by atoms with Gasteiger partial charge in [0.05, 0.1) is 0 Å². The maximum absolute atomic E-state index is 11.3. The van der Waals surface area contributed by atoms with E-state index < -0.39 is 11.5 Å². The average molecular weight is 271 g/mol. The minimum atomic E-state index is -0.711. The first kappa shape index (κ1) is 18.4. The van der Waals surface area contributed by atoms with Crippen LogP contribution in [-0.4, -0.2) is 35.6 Å². The molecule has 0 radical (unpaired) electrons. The van der Waals surface area contributed by atoms with Crippen LogP contribution < -0.4 is 0 Å². The Morgan fingerprint density at radius 3 is 1.74 bits per heavy atom. The standard InChI is InChI=1S/C16H33NO2/c1-5-6-7-8-9-10-11-12-13-14-16(2,15(18)19)17(3)4/h5-14H2,1-4H3,(H,18,19). The Morgan fingerprint density at radius 2 is 1.37 bits per heavy atom. The van der Waals surface area contributed by atoms with Crippen LogP contribution in [0, 0.1) is 0 Å². The molecule has 0 aliphatic carbocycles. The number of aliphatic carboxylic acids is 1. The zero-order valence-corrected chi connectivity index (χ0v) is 13.4. The number of rotatable bonds is 12. The number of hydrogen-bond donors (Lipinski definition) is 1. The highest BCUT2D eigenvalue weighted by molar-refractivity contribution is 5.78. The van der Waals surface area contributed by atoms with Crippen LogP contribution in [-0.2, 0) is 4.79 Å². The summed E-state index contributed by atoms with van der Waals surface area (Å²) < 4.78 is 0. The highest BCUT2D eigenvalue weighted by Gasteiger charge is 2.34. The summed E-state index contributed by atoms with van der Waals surface area (Å²) in [6.45, 7) is 4.06. The SMILES string of the molecule is CCCCCCCCCCCC(C)(C(=O)O)N(C)C. The smallest absolute Gasteiger partial charge is 0.323 e. The number of likely N-dealkylation sites (N-methyl/N-ethyl adjacent to an activating group) is 1. The number of carboxylic acid groups (broad SMARTS) is 1. The van der Waals surface area contributed by atoms with E-state index in [1.807, 2.05) is 25.9 Å². The number of unbranched alkanes of at least 4 members (excludes halogenated alkanes) is 8. The lowest BCUT2D eigenvalue weighted by atomic mass is 9.93. The van der Waals surface area contributed by atoms with Crippen LogP contribution in [0.15, 0.2) is 0 Å². The van der Waals surface area contributed by atoms with E-state index in [9.17, 15) is 9.90 Å². The summed E-state index contributed by atoms with van der Waals surface area (Å²) >= 11 is 0. The fraction of sp³-hybridized carbons (Fsp3) is 0.938. The molecule has 0 aromatic heterocycles. The van der Waals surface area contributed by atoms with Crippen molar-refractivity contribution in [1.82, 2.24) is 4.90 Å². The average Bonchev–Trinajstić information content (AvgIpc) is 2.36. The lowest BCUT2D eigenvalue weighted by molar-refractivity contribution is -0.149. The van der Waals surface area contributed by atoms with Gasteiger partial charge in [0.2, 0.25) is 0 Å². The molecule has 1 unspecified atom stereocenters. The highest BCUT2D eigenvalue weighted by Crippen LogP contribution is 2.21. The molecule has 0 saturated carbocycles. The summed E-state index contributed by atoms with van der Waals surface area (Å²) in [6.07, 6.45) is 12.2. The lowest BCUT2D eigenvalue weighted by Crippen LogP contribution is -2.48. The Labute approximate surface area is 119 Å². The largest absolute Gasteiger partial charge is 0.480 e. The van der Waals surface area contributed by atoms with Crippen molar-refractivity contribution in [3.05, 3.63) is 0 Å². The molecule has 0 rings (SSSR count). The second kappa shape index (κ2) is 10.2. The Morgan fingerprint density at radius 1 is 0.947 bits per heavy atom. The van der Waals surface area contributed by atoms with E-state index in [4.69, 9.17) is 0 Å². The van der Waals surface area contributed by atoms with E-state index >= 15 is 0 Å². The molecule has 0 aliphatic rings. The molecule has 0 spiro atoms. The summed E-state index contributed by atoms with van der Waals surface area (Å²) in [5.41, 5.74) is -0.707. The fourth-order valence-electron chi connectivity index (χ4n) is 2.30. The van der Waals surface area contributed by atoms with Gasteiger partial charge in [-0.05, 0) is 27.4 Å². The minimum Gasteiger partial charge on any atom is -0.480 e. The van der Waals surface area contributed by atoms with Crippen molar-refractivity contribution in [3.63, 3.8) is 0 Å². The maximum atomic E-state index is 11.3. The van der Waals surface area contributed by atoms with Gasteiger partial charge >= 0.3 is 5.97 Å². The first-order chi connectivity index (χ1) is 8.95. The summed E-state index contributed by atoms with van der Waals surface area (Å²) in [4.78, 5) is 13.1. The van der Waals surface area contributed by atoms with Crippen LogP contribution in [0.4, 0.5) is 0 Å². The first-order valence-corrected chi connectivity index (χ1v) is 7.86. The van der Waals surface area contributed by atoms with Crippen molar-refractivity contribution >= 4 is 5.97 Å². The van der Waals surface area contributed by atoms with Gasteiger partial charge < -0.3 is 5.11 Å². The Bertz CT molecular complexity index is 241. The summed E-state index contributed by atoms with van der Waals surface area (Å²) in [5.74, 6) is -0.711. The molecular formula is C16H33NO2. The normalized spacial score (nSPS) is 14.6. The molecule has 0 heterocycles. The highest BCUT2D eigenvalue weighted by atomic mass is 16.4.